The average Bonchev–Trinajstić information content (AvgIpc) is 2.89. The SMILES string of the molecule is CCO[Si](CCCn1nnc(C(C)C)n1)(OCC)OCC. The molecule has 0 N–H and O–H groups in total. The molecule has 0 spiro atoms. The van der Waals surface area contributed by atoms with Crippen LogP contribution in [-0.4, -0.2) is 48.8 Å². The molecule has 122 valence electrons. The van der Waals surface area contributed by atoms with E-state index in [-0.39, 0.29) is 0 Å². The number of tetrazole rings is 1. The molecule has 1 aromatic rings. The lowest BCUT2D eigenvalue weighted by Gasteiger charge is -2.28. The van der Waals surface area contributed by atoms with Gasteiger partial charge in [-0.25, -0.2) is 0 Å². The molecule has 0 saturated heterocycles. The highest BCUT2D eigenvalue weighted by Crippen LogP contribution is 2.18. The van der Waals surface area contributed by atoms with Gasteiger partial charge >= 0.3 is 8.80 Å². The third-order valence-corrected chi connectivity index (χ3v) is 6.07. The summed E-state index contributed by atoms with van der Waals surface area (Å²) in [5, 5.41) is 12.5. The summed E-state index contributed by atoms with van der Waals surface area (Å²) < 4.78 is 17.5. The monoisotopic (exact) mass is 316 g/mol. The van der Waals surface area contributed by atoms with Gasteiger partial charge in [-0.2, -0.15) is 4.80 Å². The van der Waals surface area contributed by atoms with Crippen molar-refractivity contribution in [1.82, 2.24) is 20.2 Å². The number of aryl methyl sites for hydroxylation is 1. The van der Waals surface area contributed by atoms with E-state index in [2.05, 4.69) is 29.3 Å². The predicted molar refractivity (Wildman–Crippen MR) is 82.0 cm³/mol. The Morgan fingerprint density at radius 3 is 2.05 bits per heavy atom. The van der Waals surface area contributed by atoms with Crippen molar-refractivity contribution >= 4 is 8.80 Å². The zero-order valence-electron chi connectivity index (χ0n) is 13.8. The maximum atomic E-state index is 5.82. The van der Waals surface area contributed by atoms with E-state index in [1.165, 1.54) is 0 Å². The minimum Gasteiger partial charge on any atom is -0.374 e. The van der Waals surface area contributed by atoms with E-state index in [1.54, 1.807) is 4.80 Å². The molecule has 7 nitrogen and oxygen atoms in total. The highest BCUT2D eigenvalue weighted by molar-refractivity contribution is 6.60. The quantitative estimate of drug-likeness (QED) is 0.583. The summed E-state index contributed by atoms with van der Waals surface area (Å²) in [6.45, 7) is 12.5. The Hall–Kier alpha value is -0.833. The van der Waals surface area contributed by atoms with Crippen LogP contribution in [0.3, 0.4) is 0 Å². The van der Waals surface area contributed by atoms with Crippen molar-refractivity contribution in [2.75, 3.05) is 19.8 Å². The molecule has 0 atom stereocenters. The molecular weight excluding hydrogens is 288 g/mol. The Labute approximate surface area is 128 Å². The average molecular weight is 316 g/mol. The number of aromatic nitrogens is 4. The van der Waals surface area contributed by atoms with E-state index in [1.807, 2.05) is 20.8 Å². The van der Waals surface area contributed by atoms with Gasteiger partial charge in [0.1, 0.15) is 0 Å². The van der Waals surface area contributed by atoms with Crippen LogP contribution in [0.1, 0.15) is 52.8 Å². The molecule has 0 saturated carbocycles. The molecule has 0 aromatic carbocycles. The van der Waals surface area contributed by atoms with Gasteiger partial charge in [-0.3, -0.25) is 0 Å². The van der Waals surface area contributed by atoms with Gasteiger partial charge in [-0.1, -0.05) is 13.8 Å². The highest BCUT2D eigenvalue weighted by atomic mass is 28.4. The zero-order chi connectivity index (χ0) is 15.7. The Morgan fingerprint density at radius 2 is 1.62 bits per heavy atom. The Morgan fingerprint density at radius 1 is 1.05 bits per heavy atom. The summed E-state index contributed by atoms with van der Waals surface area (Å²) in [6, 6.07) is 0.765. The molecule has 1 heterocycles. The second-order valence-electron chi connectivity index (χ2n) is 4.98. The number of hydrogen-bond donors (Lipinski definition) is 0. The Bertz CT molecular complexity index is 384. The maximum absolute atomic E-state index is 5.82. The van der Waals surface area contributed by atoms with Gasteiger partial charge in [0.25, 0.3) is 0 Å². The van der Waals surface area contributed by atoms with E-state index in [9.17, 15) is 0 Å². The molecule has 1 aromatic heterocycles. The summed E-state index contributed by atoms with van der Waals surface area (Å²) in [5.41, 5.74) is 0. The first-order chi connectivity index (χ1) is 10.1. The lowest BCUT2D eigenvalue weighted by molar-refractivity contribution is 0.0703. The van der Waals surface area contributed by atoms with E-state index in [0.717, 1.165) is 18.3 Å². The van der Waals surface area contributed by atoms with Crippen molar-refractivity contribution in [3.8, 4) is 0 Å². The van der Waals surface area contributed by atoms with Crippen molar-refractivity contribution in [1.29, 1.82) is 0 Å². The van der Waals surface area contributed by atoms with Crippen molar-refractivity contribution < 1.29 is 13.3 Å². The second-order valence-corrected chi connectivity index (χ2v) is 7.72. The normalized spacial score (nSPS) is 12.3. The number of hydrogen-bond acceptors (Lipinski definition) is 6. The molecule has 0 bridgehead atoms. The molecular formula is C13H28N4O3Si. The zero-order valence-corrected chi connectivity index (χ0v) is 14.8. The Balaban J connectivity index is 2.54. The smallest absolute Gasteiger partial charge is 0.374 e. The van der Waals surface area contributed by atoms with Crippen LogP contribution in [0.2, 0.25) is 6.04 Å². The molecule has 0 radical (unpaired) electrons. The number of rotatable bonds is 11. The van der Waals surface area contributed by atoms with Crippen molar-refractivity contribution in [3.63, 3.8) is 0 Å². The van der Waals surface area contributed by atoms with Crippen molar-refractivity contribution in [2.24, 2.45) is 0 Å². The van der Waals surface area contributed by atoms with Crippen molar-refractivity contribution in [3.05, 3.63) is 5.82 Å². The fourth-order valence-corrected chi connectivity index (χ4v) is 4.61. The van der Waals surface area contributed by atoms with Crippen LogP contribution >= 0.6 is 0 Å². The van der Waals surface area contributed by atoms with Crippen LogP contribution in [-0.2, 0) is 19.8 Å². The highest BCUT2D eigenvalue weighted by Gasteiger charge is 2.39. The van der Waals surface area contributed by atoms with Crippen molar-refractivity contribution in [2.45, 2.75) is 59.5 Å². The minimum absolute atomic E-state index is 0.294. The predicted octanol–water partition coefficient (Wildman–Crippen LogP) is 2.24. The van der Waals surface area contributed by atoms with Gasteiger partial charge in [0, 0.05) is 31.8 Å². The third-order valence-electron chi connectivity index (χ3n) is 2.92. The summed E-state index contributed by atoms with van der Waals surface area (Å²) in [4.78, 5) is 1.64. The molecule has 0 amide bonds. The third kappa shape index (κ3) is 5.81. The fraction of sp³-hybridized carbons (Fsp3) is 0.923. The molecule has 21 heavy (non-hydrogen) atoms. The van der Waals surface area contributed by atoms with Gasteiger partial charge in [0.05, 0.1) is 6.54 Å². The van der Waals surface area contributed by atoms with Crippen LogP contribution < -0.4 is 0 Å². The van der Waals surface area contributed by atoms with Crippen LogP contribution in [0.25, 0.3) is 0 Å². The molecule has 8 heteroatoms. The van der Waals surface area contributed by atoms with Crippen LogP contribution in [0.4, 0.5) is 0 Å². The topological polar surface area (TPSA) is 71.3 Å². The molecule has 1 rings (SSSR count). The molecule has 0 aliphatic carbocycles. The molecule has 0 fully saturated rings. The largest absolute Gasteiger partial charge is 0.500 e. The first-order valence-electron chi connectivity index (χ1n) is 7.76. The van der Waals surface area contributed by atoms with Gasteiger partial charge in [-0.05, 0) is 32.4 Å². The van der Waals surface area contributed by atoms with E-state index in [4.69, 9.17) is 13.3 Å². The van der Waals surface area contributed by atoms with Gasteiger partial charge in [0.2, 0.25) is 0 Å². The van der Waals surface area contributed by atoms with Crippen LogP contribution in [0, 0.1) is 0 Å². The van der Waals surface area contributed by atoms with Gasteiger partial charge < -0.3 is 13.3 Å². The fourth-order valence-electron chi connectivity index (χ4n) is 2.02. The minimum atomic E-state index is -2.55. The summed E-state index contributed by atoms with van der Waals surface area (Å²) in [6.07, 6.45) is 0.847. The standard InChI is InChI=1S/C13H28N4O3Si/c1-6-18-21(19-7-2,20-8-3)11-9-10-17-15-13(12(4)5)14-16-17/h12H,6-11H2,1-5H3. The summed E-state index contributed by atoms with van der Waals surface area (Å²) >= 11 is 0. The van der Waals surface area contributed by atoms with Gasteiger partial charge in [0.15, 0.2) is 5.82 Å². The Kier molecular flexibility index (Phi) is 8.01. The van der Waals surface area contributed by atoms with Crippen LogP contribution in [0.15, 0.2) is 0 Å². The first-order valence-corrected chi connectivity index (χ1v) is 9.69. The lowest BCUT2D eigenvalue weighted by atomic mass is 10.2. The molecule has 0 aliphatic rings. The molecule has 0 aliphatic heterocycles. The number of nitrogens with zero attached hydrogens (tertiary/aromatic N) is 4. The van der Waals surface area contributed by atoms with E-state index in [0.29, 0.717) is 32.3 Å². The molecule has 0 unspecified atom stereocenters. The van der Waals surface area contributed by atoms with E-state index >= 15 is 0 Å². The van der Waals surface area contributed by atoms with E-state index < -0.39 is 8.80 Å². The van der Waals surface area contributed by atoms with Gasteiger partial charge in [-0.15, -0.1) is 10.2 Å². The second kappa shape index (κ2) is 9.24. The summed E-state index contributed by atoms with van der Waals surface area (Å²) in [7, 11) is -2.55. The summed E-state index contributed by atoms with van der Waals surface area (Å²) in [5.74, 6) is 1.07. The first kappa shape index (κ1) is 18.2. The maximum Gasteiger partial charge on any atom is 0.500 e. The lowest BCUT2D eigenvalue weighted by Crippen LogP contribution is -2.46. The van der Waals surface area contributed by atoms with Crippen LogP contribution in [0.5, 0.6) is 0 Å².